The fourth-order valence-electron chi connectivity index (χ4n) is 0.883. The zero-order chi connectivity index (χ0) is 14.1. The summed E-state index contributed by atoms with van der Waals surface area (Å²) in [6, 6.07) is -1.04. The van der Waals surface area contributed by atoms with Crippen molar-refractivity contribution in [2.45, 2.75) is 19.9 Å². The van der Waals surface area contributed by atoms with Crippen LogP contribution < -0.4 is 16.2 Å². The van der Waals surface area contributed by atoms with Crippen LogP contribution in [0, 0.1) is 0 Å². The van der Waals surface area contributed by atoms with Gasteiger partial charge in [-0.2, -0.15) is 0 Å². The summed E-state index contributed by atoms with van der Waals surface area (Å²) >= 11 is 1.03. The van der Waals surface area contributed by atoms with Crippen molar-refractivity contribution in [3.63, 3.8) is 0 Å². The summed E-state index contributed by atoms with van der Waals surface area (Å²) in [5.41, 5.74) is 4.23. The summed E-state index contributed by atoms with van der Waals surface area (Å²) in [7, 11) is 0. The lowest BCUT2D eigenvalue weighted by Crippen LogP contribution is -2.43. The average molecular weight is 277 g/mol. The van der Waals surface area contributed by atoms with Gasteiger partial charge in [0.15, 0.2) is 0 Å². The minimum Gasteiger partial charge on any atom is -0.480 e. The summed E-state index contributed by atoms with van der Waals surface area (Å²) in [5, 5.41) is 11.0. The zero-order valence-electron chi connectivity index (χ0n) is 9.98. The molecule has 4 N–H and O–H groups in total. The van der Waals surface area contributed by atoms with Gasteiger partial charge in [0.05, 0.1) is 5.75 Å². The van der Waals surface area contributed by atoms with E-state index in [2.05, 4.69) is 16.2 Å². The predicted molar refractivity (Wildman–Crippen MR) is 64.5 cm³/mol. The quantitative estimate of drug-likeness (QED) is 0.437. The third kappa shape index (κ3) is 8.39. The van der Waals surface area contributed by atoms with E-state index in [0.717, 1.165) is 11.8 Å². The van der Waals surface area contributed by atoms with Crippen LogP contribution in [-0.2, 0) is 19.2 Å². The molecule has 0 saturated carbocycles. The van der Waals surface area contributed by atoms with Crippen LogP contribution in [0.5, 0.6) is 0 Å². The van der Waals surface area contributed by atoms with Gasteiger partial charge in [0.1, 0.15) is 6.04 Å². The maximum Gasteiger partial charge on any atom is 0.327 e. The molecular formula is C9H15N3O5S. The van der Waals surface area contributed by atoms with Gasteiger partial charge in [-0.3, -0.25) is 25.2 Å². The standard InChI is InChI=1S/C9H15N3O5S/c1-5(13)10-7(9(16)17)3-18-4-8(15)12-11-6(2)14/h7H,3-4H2,1-2H3,(H,10,13)(H,11,14)(H,12,15)(H,16,17). The highest BCUT2D eigenvalue weighted by atomic mass is 32.2. The van der Waals surface area contributed by atoms with E-state index >= 15 is 0 Å². The predicted octanol–water partition coefficient (Wildman–Crippen LogP) is -1.52. The second-order valence-electron chi connectivity index (χ2n) is 3.34. The van der Waals surface area contributed by atoms with Crippen LogP contribution in [0.25, 0.3) is 0 Å². The molecule has 0 spiro atoms. The van der Waals surface area contributed by atoms with E-state index in [1.165, 1.54) is 13.8 Å². The molecule has 0 aliphatic heterocycles. The second-order valence-corrected chi connectivity index (χ2v) is 4.37. The van der Waals surface area contributed by atoms with Crippen LogP contribution in [0.2, 0.25) is 0 Å². The summed E-state index contributed by atoms with van der Waals surface area (Å²) in [4.78, 5) is 43.1. The number of hydrogen-bond acceptors (Lipinski definition) is 5. The Morgan fingerprint density at radius 3 is 2.17 bits per heavy atom. The van der Waals surface area contributed by atoms with E-state index in [1.54, 1.807) is 0 Å². The van der Waals surface area contributed by atoms with Crippen molar-refractivity contribution < 1.29 is 24.3 Å². The van der Waals surface area contributed by atoms with Crippen molar-refractivity contribution >= 4 is 35.5 Å². The molecule has 8 nitrogen and oxygen atoms in total. The van der Waals surface area contributed by atoms with Gasteiger partial charge in [-0.05, 0) is 0 Å². The average Bonchev–Trinajstić information content (AvgIpc) is 2.24. The molecule has 18 heavy (non-hydrogen) atoms. The third-order valence-corrected chi connectivity index (χ3v) is 2.61. The second kappa shape index (κ2) is 8.34. The Hall–Kier alpha value is -1.77. The van der Waals surface area contributed by atoms with Crippen molar-refractivity contribution in [2.24, 2.45) is 0 Å². The van der Waals surface area contributed by atoms with Crippen LogP contribution in [0.3, 0.4) is 0 Å². The molecule has 0 bridgehead atoms. The number of carboxylic acid groups (broad SMARTS) is 1. The number of carboxylic acids is 1. The number of carbonyl (C=O) groups excluding carboxylic acids is 3. The summed E-state index contributed by atoms with van der Waals surface area (Å²) in [6.45, 7) is 2.45. The molecule has 0 aliphatic rings. The van der Waals surface area contributed by atoms with Crippen molar-refractivity contribution in [1.82, 2.24) is 16.2 Å². The van der Waals surface area contributed by atoms with Crippen molar-refractivity contribution in [3.05, 3.63) is 0 Å². The number of nitrogens with one attached hydrogen (secondary N) is 3. The summed E-state index contributed by atoms with van der Waals surface area (Å²) < 4.78 is 0. The number of hydrogen-bond donors (Lipinski definition) is 4. The molecule has 0 rings (SSSR count). The smallest absolute Gasteiger partial charge is 0.327 e. The first-order chi connectivity index (χ1) is 8.32. The molecule has 102 valence electrons. The molecule has 3 amide bonds. The highest BCUT2D eigenvalue weighted by molar-refractivity contribution is 8.00. The van der Waals surface area contributed by atoms with Crippen LogP contribution in [-0.4, -0.2) is 46.3 Å². The third-order valence-electron chi connectivity index (χ3n) is 1.57. The Labute approximate surface area is 108 Å². The lowest BCUT2D eigenvalue weighted by molar-refractivity contribution is -0.140. The molecule has 0 radical (unpaired) electrons. The van der Waals surface area contributed by atoms with Gasteiger partial charge in [-0.25, -0.2) is 4.79 Å². The SMILES string of the molecule is CC(=O)NNC(=O)CSCC(NC(C)=O)C(=O)O. The number of hydrazine groups is 1. The Morgan fingerprint density at radius 1 is 1.11 bits per heavy atom. The van der Waals surface area contributed by atoms with E-state index in [4.69, 9.17) is 5.11 Å². The lowest BCUT2D eigenvalue weighted by Gasteiger charge is -2.12. The minimum atomic E-state index is -1.17. The van der Waals surface area contributed by atoms with Crippen LogP contribution in [0.1, 0.15) is 13.8 Å². The summed E-state index contributed by atoms with van der Waals surface area (Å²) in [6.07, 6.45) is 0. The molecule has 0 fully saturated rings. The van der Waals surface area contributed by atoms with E-state index in [-0.39, 0.29) is 11.5 Å². The molecule has 0 aliphatic carbocycles. The zero-order valence-corrected chi connectivity index (χ0v) is 10.8. The molecule has 0 heterocycles. The molecular weight excluding hydrogens is 262 g/mol. The molecule has 0 aromatic heterocycles. The highest BCUT2D eigenvalue weighted by Gasteiger charge is 2.18. The van der Waals surface area contributed by atoms with Crippen molar-refractivity contribution in [1.29, 1.82) is 0 Å². The maximum absolute atomic E-state index is 11.1. The first-order valence-electron chi connectivity index (χ1n) is 4.96. The monoisotopic (exact) mass is 277 g/mol. The van der Waals surface area contributed by atoms with Crippen LogP contribution >= 0.6 is 11.8 Å². The van der Waals surface area contributed by atoms with Crippen molar-refractivity contribution in [3.8, 4) is 0 Å². The Balaban J connectivity index is 3.92. The molecule has 0 aromatic rings. The Kier molecular flexibility index (Phi) is 7.52. The molecule has 1 unspecified atom stereocenters. The maximum atomic E-state index is 11.1. The topological polar surface area (TPSA) is 125 Å². The molecule has 9 heteroatoms. The van der Waals surface area contributed by atoms with Gasteiger partial charge in [0.25, 0.3) is 0 Å². The number of amides is 3. The van der Waals surface area contributed by atoms with Crippen molar-refractivity contribution in [2.75, 3.05) is 11.5 Å². The molecule has 0 aromatic carbocycles. The normalized spacial score (nSPS) is 11.2. The number of thioether (sulfide) groups is 1. The lowest BCUT2D eigenvalue weighted by atomic mass is 10.3. The fourth-order valence-corrected chi connectivity index (χ4v) is 1.72. The van der Waals surface area contributed by atoms with Gasteiger partial charge in [-0.1, -0.05) is 0 Å². The van der Waals surface area contributed by atoms with Gasteiger partial charge < -0.3 is 10.4 Å². The number of aliphatic carboxylic acids is 1. The first-order valence-corrected chi connectivity index (χ1v) is 6.11. The number of rotatable bonds is 6. The highest BCUT2D eigenvalue weighted by Crippen LogP contribution is 2.03. The van der Waals surface area contributed by atoms with E-state index in [1.807, 2.05) is 0 Å². The van der Waals surface area contributed by atoms with E-state index in [9.17, 15) is 19.2 Å². The van der Waals surface area contributed by atoms with Crippen LogP contribution in [0.4, 0.5) is 0 Å². The Bertz CT molecular complexity index is 347. The van der Waals surface area contributed by atoms with Gasteiger partial charge >= 0.3 is 5.97 Å². The number of carbonyl (C=O) groups is 4. The Morgan fingerprint density at radius 2 is 1.72 bits per heavy atom. The van der Waals surface area contributed by atoms with Gasteiger partial charge in [0, 0.05) is 19.6 Å². The van der Waals surface area contributed by atoms with Gasteiger partial charge in [-0.15, -0.1) is 11.8 Å². The van der Waals surface area contributed by atoms with Crippen LogP contribution in [0.15, 0.2) is 0 Å². The summed E-state index contributed by atoms with van der Waals surface area (Å²) in [5.74, 6) is -2.45. The minimum absolute atomic E-state index is 0.0242. The fraction of sp³-hybridized carbons (Fsp3) is 0.556. The molecule has 1 atom stereocenters. The van der Waals surface area contributed by atoms with E-state index < -0.39 is 29.7 Å². The van der Waals surface area contributed by atoms with Gasteiger partial charge in [0.2, 0.25) is 17.7 Å². The molecule has 0 saturated heterocycles. The largest absolute Gasteiger partial charge is 0.480 e. The first kappa shape index (κ1) is 16.2. The van der Waals surface area contributed by atoms with E-state index in [0.29, 0.717) is 0 Å².